The number of hydrogen-bond acceptors (Lipinski definition) is 3. The fourth-order valence-corrected chi connectivity index (χ4v) is 1.82. The van der Waals surface area contributed by atoms with Gasteiger partial charge in [-0.25, -0.2) is 13.2 Å². The fourth-order valence-electron chi connectivity index (χ4n) is 1.82. The summed E-state index contributed by atoms with van der Waals surface area (Å²) in [6.45, 7) is 1.32. The molecule has 0 radical (unpaired) electrons. The van der Waals surface area contributed by atoms with Crippen LogP contribution in [-0.4, -0.2) is 18.0 Å². The van der Waals surface area contributed by atoms with Crippen molar-refractivity contribution in [1.82, 2.24) is 0 Å². The van der Waals surface area contributed by atoms with Crippen LogP contribution in [0.1, 0.15) is 26.2 Å². The first-order chi connectivity index (χ1) is 9.90. The number of anilines is 1. The molecule has 0 aromatic heterocycles. The number of hydrogen-bond donors (Lipinski definition) is 1. The minimum atomic E-state index is -1.67. The van der Waals surface area contributed by atoms with Crippen molar-refractivity contribution >= 4 is 17.6 Å². The average molecular weight is 301 g/mol. The normalized spacial score (nSPS) is 16.0. The summed E-state index contributed by atoms with van der Waals surface area (Å²) in [5, 5.41) is 2.06. The number of carbonyl (C=O) groups excluding carboxylic acids is 2. The third-order valence-corrected chi connectivity index (χ3v) is 3.39. The van der Waals surface area contributed by atoms with Crippen molar-refractivity contribution in [2.75, 3.05) is 5.32 Å². The fraction of sp³-hybridized carbons (Fsp3) is 0.429. The summed E-state index contributed by atoms with van der Waals surface area (Å²) in [6.07, 6.45) is 1.25. The molecule has 0 aliphatic heterocycles. The first-order valence-electron chi connectivity index (χ1n) is 6.55. The van der Waals surface area contributed by atoms with E-state index in [9.17, 15) is 22.8 Å². The molecule has 4 nitrogen and oxygen atoms in total. The number of rotatable bonds is 4. The van der Waals surface area contributed by atoms with Gasteiger partial charge in [-0.1, -0.05) is 6.42 Å². The molecule has 0 spiro atoms. The third-order valence-electron chi connectivity index (χ3n) is 3.39. The predicted octanol–water partition coefficient (Wildman–Crippen LogP) is 2.77. The maximum absolute atomic E-state index is 13.4. The Hall–Kier alpha value is -2.05. The second-order valence-electron chi connectivity index (χ2n) is 4.92. The summed E-state index contributed by atoms with van der Waals surface area (Å²) in [6, 6.07) is 1.59. The van der Waals surface area contributed by atoms with Gasteiger partial charge in [0, 0.05) is 0 Å². The van der Waals surface area contributed by atoms with Crippen LogP contribution in [0, 0.1) is 23.4 Å². The molecule has 1 N–H and O–H groups in total. The van der Waals surface area contributed by atoms with Crippen molar-refractivity contribution in [1.29, 1.82) is 0 Å². The lowest BCUT2D eigenvalue weighted by molar-refractivity contribution is -0.159. The Balaban J connectivity index is 1.97. The Kier molecular flexibility index (Phi) is 4.50. The van der Waals surface area contributed by atoms with Gasteiger partial charge < -0.3 is 10.1 Å². The van der Waals surface area contributed by atoms with Gasteiger partial charge in [-0.05, 0) is 31.9 Å². The number of esters is 1. The SMILES string of the molecule is C[C@@H](OC(=O)C1CCC1)C(=O)Nc1ccc(F)c(F)c1F. The van der Waals surface area contributed by atoms with Crippen molar-refractivity contribution in [3.05, 3.63) is 29.6 Å². The molecule has 1 aromatic rings. The number of carbonyl (C=O) groups is 2. The minimum Gasteiger partial charge on any atom is -0.452 e. The van der Waals surface area contributed by atoms with E-state index in [1.807, 2.05) is 0 Å². The van der Waals surface area contributed by atoms with Crippen LogP contribution in [0.15, 0.2) is 12.1 Å². The van der Waals surface area contributed by atoms with Crippen LogP contribution in [-0.2, 0) is 14.3 Å². The topological polar surface area (TPSA) is 55.4 Å². The molecule has 1 aromatic carbocycles. The van der Waals surface area contributed by atoms with Gasteiger partial charge in [0.1, 0.15) is 0 Å². The van der Waals surface area contributed by atoms with Gasteiger partial charge in [0.15, 0.2) is 23.6 Å². The zero-order chi connectivity index (χ0) is 15.6. The van der Waals surface area contributed by atoms with Crippen molar-refractivity contribution in [3.8, 4) is 0 Å². The highest BCUT2D eigenvalue weighted by atomic mass is 19.2. The molecular formula is C14H14F3NO3. The number of nitrogens with one attached hydrogen (secondary N) is 1. The Labute approximate surface area is 119 Å². The maximum Gasteiger partial charge on any atom is 0.309 e. The largest absolute Gasteiger partial charge is 0.452 e. The number of amides is 1. The molecule has 0 heterocycles. The monoisotopic (exact) mass is 301 g/mol. The molecular weight excluding hydrogens is 287 g/mol. The molecule has 1 atom stereocenters. The Morgan fingerprint density at radius 1 is 1.24 bits per heavy atom. The summed E-state index contributed by atoms with van der Waals surface area (Å²) in [5.41, 5.74) is -0.509. The van der Waals surface area contributed by atoms with Gasteiger partial charge >= 0.3 is 5.97 Å². The molecule has 2 rings (SSSR count). The first kappa shape index (κ1) is 15.3. The summed E-state index contributed by atoms with van der Waals surface area (Å²) >= 11 is 0. The molecule has 21 heavy (non-hydrogen) atoms. The standard InChI is InChI=1S/C14H14F3NO3/c1-7(21-14(20)8-3-2-4-8)13(19)18-10-6-5-9(15)11(16)12(10)17/h5-8H,2-4H2,1H3,(H,18,19)/t7-/m1/s1. The van der Waals surface area contributed by atoms with Crippen LogP contribution in [0.25, 0.3) is 0 Å². The van der Waals surface area contributed by atoms with Crippen molar-refractivity contribution in [2.24, 2.45) is 5.92 Å². The van der Waals surface area contributed by atoms with Crippen molar-refractivity contribution < 1.29 is 27.5 Å². The third kappa shape index (κ3) is 3.34. The van der Waals surface area contributed by atoms with E-state index >= 15 is 0 Å². The molecule has 0 bridgehead atoms. The van der Waals surface area contributed by atoms with E-state index in [0.29, 0.717) is 6.07 Å². The molecule has 1 aliphatic carbocycles. The number of ether oxygens (including phenoxy) is 1. The van der Waals surface area contributed by atoms with Gasteiger partial charge in [-0.15, -0.1) is 0 Å². The van der Waals surface area contributed by atoms with Crippen LogP contribution in [0.4, 0.5) is 18.9 Å². The Morgan fingerprint density at radius 2 is 1.90 bits per heavy atom. The van der Waals surface area contributed by atoms with Gasteiger partial charge in [0.2, 0.25) is 0 Å². The summed E-state index contributed by atoms with van der Waals surface area (Å²) < 4.78 is 44.1. The lowest BCUT2D eigenvalue weighted by Crippen LogP contribution is -2.34. The highest BCUT2D eigenvalue weighted by Gasteiger charge is 2.29. The molecule has 7 heteroatoms. The van der Waals surface area contributed by atoms with Crippen LogP contribution < -0.4 is 5.32 Å². The van der Waals surface area contributed by atoms with Crippen LogP contribution >= 0.6 is 0 Å². The first-order valence-corrected chi connectivity index (χ1v) is 6.55. The minimum absolute atomic E-state index is 0.194. The number of halogens is 3. The lowest BCUT2D eigenvalue weighted by atomic mass is 9.86. The molecule has 1 fully saturated rings. The molecule has 114 valence electrons. The zero-order valence-corrected chi connectivity index (χ0v) is 11.3. The van der Waals surface area contributed by atoms with Crippen LogP contribution in [0.2, 0.25) is 0 Å². The van der Waals surface area contributed by atoms with Crippen molar-refractivity contribution in [3.63, 3.8) is 0 Å². The molecule has 0 saturated heterocycles. The Morgan fingerprint density at radius 3 is 2.48 bits per heavy atom. The van der Waals surface area contributed by atoms with E-state index in [1.165, 1.54) is 6.92 Å². The second-order valence-corrected chi connectivity index (χ2v) is 4.92. The summed E-state index contributed by atoms with van der Waals surface area (Å²) in [4.78, 5) is 23.3. The number of benzene rings is 1. The van der Waals surface area contributed by atoms with Crippen LogP contribution in [0.3, 0.4) is 0 Å². The molecule has 1 saturated carbocycles. The lowest BCUT2D eigenvalue weighted by Gasteiger charge is -2.24. The van der Waals surface area contributed by atoms with Gasteiger partial charge in [0.05, 0.1) is 11.6 Å². The van der Waals surface area contributed by atoms with E-state index < -0.39 is 41.1 Å². The van der Waals surface area contributed by atoms with E-state index in [1.54, 1.807) is 0 Å². The second kappa shape index (κ2) is 6.15. The van der Waals surface area contributed by atoms with Crippen LogP contribution in [0.5, 0.6) is 0 Å². The average Bonchev–Trinajstić information content (AvgIpc) is 2.37. The smallest absolute Gasteiger partial charge is 0.309 e. The molecule has 1 aliphatic rings. The highest BCUT2D eigenvalue weighted by Crippen LogP contribution is 2.28. The maximum atomic E-state index is 13.4. The quantitative estimate of drug-likeness (QED) is 0.687. The highest BCUT2D eigenvalue weighted by molar-refractivity contribution is 5.95. The predicted molar refractivity (Wildman–Crippen MR) is 67.8 cm³/mol. The Bertz CT molecular complexity index is 573. The summed E-state index contributed by atoms with van der Waals surface area (Å²) in [5.74, 6) is -6.01. The summed E-state index contributed by atoms with van der Waals surface area (Å²) in [7, 11) is 0. The van der Waals surface area contributed by atoms with E-state index in [2.05, 4.69) is 5.32 Å². The van der Waals surface area contributed by atoms with Gasteiger partial charge in [-0.3, -0.25) is 9.59 Å². The molecule has 1 amide bonds. The van der Waals surface area contributed by atoms with E-state index in [4.69, 9.17) is 4.74 Å². The van der Waals surface area contributed by atoms with Gasteiger partial charge in [0.25, 0.3) is 5.91 Å². The van der Waals surface area contributed by atoms with Gasteiger partial charge in [-0.2, -0.15) is 0 Å². The molecule has 0 unspecified atom stereocenters. The van der Waals surface area contributed by atoms with E-state index in [0.717, 1.165) is 25.3 Å². The zero-order valence-electron chi connectivity index (χ0n) is 11.3. The van der Waals surface area contributed by atoms with E-state index in [-0.39, 0.29) is 5.92 Å². The van der Waals surface area contributed by atoms with Crippen molar-refractivity contribution in [2.45, 2.75) is 32.3 Å².